The van der Waals surface area contributed by atoms with Crippen molar-refractivity contribution in [2.45, 2.75) is 17.0 Å². The number of amides is 1. The summed E-state index contributed by atoms with van der Waals surface area (Å²) in [6.45, 7) is 0. The van der Waals surface area contributed by atoms with Crippen LogP contribution in [0.25, 0.3) is 0 Å². The van der Waals surface area contributed by atoms with Crippen LogP contribution in [0.15, 0.2) is 60.7 Å². The van der Waals surface area contributed by atoms with Crippen molar-refractivity contribution >= 4 is 23.6 Å². The largest absolute Gasteiger partial charge is 0.273 e. The quantitative estimate of drug-likeness (QED) is 0.792. The van der Waals surface area contributed by atoms with Crippen LogP contribution in [0.5, 0.6) is 0 Å². The van der Waals surface area contributed by atoms with Gasteiger partial charge in [-0.1, -0.05) is 65.8 Å². The maximum Gasteiger partial charge on any atom is 0.273 e. The molecule has 120 valence electrons. The highest BCUT2D eigenvalue weighted by Crippen LogP contribution is 2.45. The predicted molar refractivity (Wildman–Crippen MR) is 92.4 cm³/mol. The van der Waals surface area contributed by atoms with Gasteiger partial charge < -0.3 is 0 Å². The number of tetrazole rings is 1. The van der Waals surface area contributed by atoms with Gasteiger partial charge >= 0.3 is 0 Å². The lowest BCUT2D eigenvalue weighted by molar-refractivity contribution is -0.117. The zero-order valence-electron chi connectivity index (χ0n) is 12.7. The molecule has 0 bridgehead atoms. The smallest absolute Gasteiger partial charge is 0.273 e. The van der Waals surface area contributed by atoms with Crippen molar-refractivity contribution in [3.8, 4) is 0 Å². The Hall–Kier alpha value is -2.67. The van der Waals surface area contributed by atoms with Crippen molar-refractivity contribution in [3.05, 3.63) is 71.8 Å². The summed E-state index contributed by atoms with van der Waals surface area (Å²) in [5, 5.41) is 13.7. The number of rotatable bonds is 4. The number of aromatic amines is 1. The minimum atomic E-state index is -0.170. The highest BCUT2D eigenvalue weighted by atomic mass is 32.2. The van der Waals surface area contributed by atoms with Crippen LogP contribution in [0, 0.1) is 0 Å². The van der Waals surface area contributed by atoms with E-state index < -0.39 is 0 Å². The number of nitrogens with zero attached hydrogens (tertiary/aromatic N) is 4. The summed E-state index contributed by atoms with van der Waals surface area (Å²) in [6.07, 6.45) is 0.683. The van der Waals surface area contributed by atoms with E-state index in [1.54, 1.807) is 16.7 Å². The Kier molecular flexibility index (Phi) is 4.00. The third kappa shape index (κ3) is 2.78. The fourth-order valence-corrected chi connectivity index (χ4v) is 4.28. The van der Waals surface area contributed by atoms with E-state index >= 15 is 0 Å². The molecule has 2 aromatic carbocycles. The van der Waals surface area contributed by atoms with E-state index in [9.17, 15) is 4.79 Å². The molecule has 1 aliphatic rings. The molecule has 0 saturated carbocycles. The number of anilines is 1. The Morgan fingerprint density at radius 1 is 1.04 bits per heavy atom. The molecule has 1 fully saturated rings. The van der Waals surface area contributed by atoms with Crippen LogP contribution in [-0.2, 0) is 11.2 Å². The molecular formula is C17H15N5OS. The molecule has 2 unspecified atom stereocenters. The molecule has 1 aromatic heterocycles. The van der Waals surface area contributed by atoms with Crippen molar-refractivity contribution in [2.24, 2.45) is 0 Å². The number of carbonyl (C=O) groups excluding carboxylic acids is 1. The molecule has 1 N–H and O–H groups in total. The third-order valence-electron chi connectivity index (χ3n) is 3.94. The highest BCUT2D eigenvalue weighted by Gasteiger charge is 2.43. The second-order valence-corrected chi connectivity index (χ2v) is 6.79. The van der Waals surface area contributed by atoms with Crippen LogP contribution >= 0.6 is 11.8 Å². The first kappa shape index (κ1) is 14.9. The Morgan fingerprint density at radius 3 is 2.42 bits per heavy atom. The van der Waals surface area contributed by atoms with Crippen LogP contribution in [0.2, 0.25) is 0 Å². The third-order valence-corrected chi connectivity index (χ3v) is 5.38. The Balaban J connectivity index is 1.66. The van der Waals surface area contributed by atoms with Crippen LogP contribution < -0.4 is 4.90 Å². The number of thioether (sulfide) groups is 1. The highest BCUT2D eigenvalue weighted by molar-refractivity contribution is 8.01. The lowest BCUT2D eigenvalue weighted by Crippen LogP contribution is -2.32. The van der Waals surface area contributed by atoms with Gasteiger partial charge in [0.05, 0.1) is 5.25 Å². The van der Waals surface area contributed by atoms with E-state index in [4.69, 9.17) is 0 Å². The fraction of sp³-hybridized carbons (Fsp3) is 0.176. The van der Waals surface area contributed by atoms with Gasteiger partial charge in [-0.15, -0.1) is 16.9 Å². The molecule has 7 heteroatoms. The molecule has 3 aromatic rings. The molecule has 6 nitrogen and oxygen atoms in total. The minimum absolute atomic E-state index is 0.0131. The Morgan fingerprint density at radius 2 is 1.75 bits per heavy atom. The van der Waals surface area contributed by atoms with Crippen molar-refractivity contribution in [1.82, 2.24) is 20.6 Å². The SMILES string of the molecule is O=C1C(Cc2ccccc2)SC(c2ccccc2)N1c1nn[nH]n1. The van der Waals surface area contributed by atoms with Crippen LogP contribution in [0.4, 0.5) is 5.95 Å². The summed E-state index contributed by atoms with van der Waals surface area (Å²) in [6, 6.07) is 20.0. The maximum atomic E-state index is 13.0. The summed E-state index contributed by atoms with van der Waals surface area (Å²) < 4.78 is 0. The maximum absolute atomic E-state index is 13.0. The van der Waals surface area contributed by atoms with Crippen LogP contribution in [0.1, 0.15) is 16.5 Å². The molecule has 1 aliphatic heterocycles. The molecule has 24 heavy (non-hydrogen) atoms. The number of benzene rings is 2. The Labute approximate surface area is 143 Å². The van der Waals surface area contributed by atoms with Gasteiger partial charge in [0.25, 0.3) is 5.95 Å². The van der Waals surface area contributed by atoms with E-state index in [0.717, 1.165) is 11.1 Å². The molecule has 2 heterocycles. The van der Waals surface area contributed by atoms with E-state index in [2.05, 4.69) is 20.6 Å². The lowest BCUT2D eigenvalue weighted by Gasteiger charge is -2.19. The van der Waals surface area contributed by atoms with Crippen molar-refractivity contribution in [2.75, 3.05) is 4.90 Å². The van der Waals surface area contributed by atoms with E-state index in [1.165, 1.54) is 0 Å². The van der Waals surface area contributed by atoms with Crippen molar-refractivity contribution < 1.29 is 4.79 Å². The summed E-state index contributed by atoms with van der Waals surface area (Å²) in [5.74, 6) is 0.330. The zero-order chi connectivity index (χ0) is 16.4. The first-order chi connectivity index (χ1) is 11.8. The number of hydrogen-bond donors (Lipinski definition) is 1. The first-order valence-corrected chi connectivity index (χ1v) is 8.58. The van der Waals surface area contributed by atoms with Gasteiger partial charge in [-0.2, -0.15) is 5.21 Å². The molecule has 2 atom stereocenters. The predicted octanol–water partition coefficient (Wildman–Crippen LogP) is 2.59. The zero-order valence-corrected chi connectivity index (χ0v) is 13.6. The molecule has 1 amide bonds. The fourth-order valence-electron chi connectivity index (χ4n) is 2.82. The number of aromatic nitrogens is 4. The average Bonchev–Trinajstić information content (AvgIpc) is 3.25. The van der Waals surface area contributed by atoms with Gasteiger partial charge in [-0.25, -0.2) is 0 Å². The van der Waals surface area contributed by atoms with Gasteiger partial charge in [0.15, 0.2) is 0 Å². The molecule has 0 aliphatic carbocycles. The summed E-state index contributed by atoms with van der Waals surface area (Å²) >= 11 is 1.63. The van der Waals surface area contributed by atoms with Crippen LogP contribution in [0.3, 0.4) is 0 Å². The summed E-state index contributed by atoms with van der Waals surface area (Å²) in [5.41, 5.74) is 2.20. The number of hydrogen-bond acceptors (Lipinski definition) is 5. The molecule has 0 radical (unpaired) electrons. The summed E-state index contributed by atoms with van der Waals surface area (Å²) in [7, 11) is 0. The molecule has 1 saturated heterocycles. The van der Waals surface area contributed by atoms with Gasteiger partial charge in [0.1, 0.15) is 5.37 Å². The second-order valence-electron chi connectivity index (χ2n) is 5.50. The molecule has 4 rings (SSSR count). The number of nitrogens with one attached hydrogen (secondary N) is 1. The molecular weight excluding hydrogens is 322 g/mol. The van der Waals surface area contributed by atoms with Gasteiger partial charge in [0, 0.05) is 0 Å². The van der Waals surface area contributed by atoms with E-state index in [1.807, 2.05) is 60.7 Å². The van der Waals surface area contributed by atoms with Gasteiger partial charge in [0.2, 0.25) is 5.91 Å². The monoisotopic (exact) mass is 337 g/mol. The number of carbonyl (C=O) groups is 1. The lowest BCUT2D eigenvalue weighted by atomic mass is 10.1. The van der Waals surface area contributed by atoms with E-state index in [0.29, 0.717) is 12.4 Å². The first-order valence-electron chi connectivity index (χ1n) is 7.64. The summed E-state index contributed by atoms with van der Waals surface area (Å²) in [4.78, 5) is 14.6. The van der Waals surface area contributed by atoms with Gasteiger partial charge in [-0.05, 0) is 22.8 Å². The van der Waals surface area contributed by atoms with Gasteiger partial charge in [-0.3, -0.25) is 9.69 Å². The molecule has 0 spiro atoms. The minimum Gasteiger partial charge on any atom is -0.273 e. The Bertz CT molecular complexity index is 810. The van der Waals surface area contributed by atoms with Crippen molar-refractivity contribution in [3.63, 3.8) is 0 Å². The second kappa shape index (κ2) is 6.45. The van der Waals surface area contributed by atoms with E-state index in [-0.39, 0.29) is 16.5 Å². The van der Waals surface area contributed by atoms with Crippen LogP contribution in [-0.4, -0.2) is 31.8 Å². The standard InChI is InChI=1S/C17H15N5OS/c23-15-14(11-12-7-3-1-4-8-12)24-16(13-9-5-2-6-10-13)22(15)17-18-20-21-19-17/h1-10,14,16H,11H2,(H,18,19,20,21). The van der Waals surface area contributed by atoms with Crippen molar-refractivity contribution in [1.29, 1.82) is 0 Å². The average molecular weight is 337 g/mol. The normalized spacial score (nSPS) is 20.5. The topological polar surface area (TPSA) is 74.8 Å². The number of H-pyrrole nitrogens is 1.